The van der Waals surface area contributed by atoms with E-state index in [1.165, 1.54) is 173 Å². The highest BCUT2D eigenvalue weighted by molar-refractivity contribution is 5.71. The van der Waals surface area contributed by atoms with Gasteiger partial charge in [0.15, 0.2) is 6.10 Å². The first-order valence-electron chi connectivity index (χ1n) is 29.1. The fourth-order valence-corrected chi connectivity index (χ4v) is 8.49. The summed E-state index contributed by atoms with van der Waals surface area (Å²) in [6.45, 7) is 6.43. The van der Waals surface area contributed by atoms with Crippen molar-refractivity contribution in [1.29, 1.82) is 0 Å². The van der Waals surface area contributed by atoms with Crippen LogP contribution in [0.4, 0.5) is 0 Å². The van der Waals surface area contributed by atoms with Gasteiger partial charge in [-0.15, -0.1) is 0 Å². The lowest BCUT2D eigenvalue weighted by Gasteiger charge is -2.18. The smallest absolute Gasteiger partial charge is 0.306 e. The minimum Gasteiger partial charge on any atom is -0.462 e. The Morgan fingerprint density at radius 1 is 0.313 bits per heavy atom. The maximum absolute atomic E-state index is 12.7. The van der Waals surface area contributed by atoms with Crippen molar-refractivity contribution in [3.8, 4) is 0 Å². The van der Waals surface area contributed by atoms with Gasteiger partial charge in [0.25, 0.3) is 0 Å². The number of ether oxygens (including phenoxy) is 3. The van der Waals surface area contributed by atoms with Crippen molar-refractivity contribution in [1.82, 2.24) is 0 Å². The molecule has 0 heterocycles. The van der Waals surface area contributed by atoms with Gasteiger partial charge >= 0.3 is 17.9 Å². The minimum absolute atomic E-state index is 0.0874. The van der Waals surface area contributed by atoms with E-state index in [1.54, 1.807) is 0 Å². The molecule has 1 unspecified atom stereocenters. The van der Waals surface area contributed by atoms with Gasteiger partial charge in [-0.2, -0.15) is 0 Å². The summed E-state index contributed by atoms with van der Waals surface area (Å²) in [5.41, 5.74) is 0. The lowest BCUT2D eigenvalue weighted by Crippen LogP contribution is -2.30. The van der Waals surface area contributed by atoms with Crippen LogP contribution in [0, 0.1) is 0 Å². The molecule has 6 nitrogen and oxygen atoms in total. The Kier molecular flexibility index (Phi) is 53.8. The molecular formula is C61H110O6. The fourth-order valence-electron chi connectivity index (χ4n) is 8.49. The maximum atomic E-state index is 12.7. The SMILES string of the molecule is CC/C=C\C/C=C\C/C=C\C/C=C\CCCCC(=O)OC(COC(=O)CCCCCCC)COC(=O)CCCCCCCCCCCCCCCCCCCCCCCCCCCCCCC. The fraction of sp³-hybridized carbons (Fsp3) is 0.820. The van der Waals surface area contributed by atoms with Gasteiger partial charge in [-0.25, -0.2) is 0 Å². The molecule has 0 saturated heterocycles. The first-order chi connectivity index (χ1) is 33.0. The van der Waals surface area contributed by atoms with Gasteiger partial charge in [-0.05, 0) is 57.8 Å². The Balaban J connectivity index is 3.97. The third kappa shape index (κ3) is 54.2. The van der Waals surface area contributed by atoms with Crippen LogP contribution in [0.2, 0.25) is 0 Å². The molecule has 0 rings (SSSR count). The molecule has 0 aliphatic rings. The van der Waals surface area contributed by atoms with Crippen LogP contribution in [-0.4, -0.2) is 37.2 Å². The van der Waals surface area contributed by atoms with Crippen LogP contribution in [0.5, 0.6) is 0 Å². The minimum atomic E-state index is -0.789. The molecule has 1 atom stereocenters. The third-order valence-electron chi connectivity index (χ3n) is 12.8. The van der Waals surface area contributed by atoms with Gasteiger partial charge in [0, 0.05) is 19.3 Å². The largest absolute Gasteiger partial charge is 0.462 e. The quantitative estimate of drug-likeness (QED) is 0.0262. The predicted molar refractivity (Wildman–Crippen MR) is 289 cm³/mol. The highest BCUT2D eigenvalue weighted by Gasteiger charge is 2.19. The topological polar surface area (TPSA) is 78.9 Å². The molecule has 0 spiro atoms. The van der Waals surface area contributed by atoms with Gasteiger partial charge in [0.05, 0.1) is 0 Å². The molecule has 0 amide bonds. The van der Waals surface area contributed by atoms with Crippen molar-refractivity contribution in [2.24, 2.45) is 0 Å². The van der Waals surface area contributed by atoms with E-state index in [2.05, 4.69) is 69.4 Å². The molecule has 67 heavy (non-hydrogen) atoms. The molecule has 6 heteroatoms. The molecule has 0 aromatic heterocycles. The average molecular weight is 940 g/mol. The molecule has 0 aromatic carbocycles. The summed E-state index contributed by atoms with van der Waals surface area (Å²) in [6.07, 6.45) is 69.0. The first kappa shape index (κ1) is 64.4. The summed E-state index contributed by atoms with van der Waals surface area (Å²) in [4.78, 5) is 37.7. The summed E-state index contributed by atoms with van der Waals surface area (Å²) in [5, 5.41) is 0. The van der Waals surface area contributed by atoms with Gasteiger partial charge < -0.3 is 14.2 Å². The van der Waals surface area contributed by atoms with Crippen LogP contribution in [0.15, 0.2) is 48.6 Å². The first-order valence-corrected chi connectivity index (χ1v) is 29.1. The second-order valence-electron chi connectivity index (χ2n) is 19.5. The third-order valence-corrected chi connectivity index (χ3v) is 12.8. The molecule has 0 aliphatic heterocycles. The molecule has 0 bridgehead atoms. The number of unbranched alkanes of at least 4 members (excludes halogenated alkanes) is 34. The van der Waals surface area contributed by atoms with Crippen molar-refractivity contribution in [2.45, 2.75) is 309 Å². The van der Waals surface area contributed by atoms with Crippen molar-refractivity contribution in [3.05, 3.63) is 48.6 Å². The van der Waals surface area contributed by atoms with E-state index in [0.717, 1.165) is 83.5 Å². The van der Waals surface area contributed by atoms with Crippen LogP contribution in [0.3, 0.4) is 0 Å². The molecular weight excluding hydrogens is 829 g/mol. The van der Waals surface area contributed by atoms with Crippen LogP contribution < -0.4 is 0 Å². The number of hydrogen-bond acceptors (Lipinski definition) is 6. The monoisotopic (exact) mass is 939 g/mol. The van der Waals surface area contributed by atoms with Crippen molar-refractivity contribution < 1.29 is 28.6 Å². The van der Waals surface area contributed by atoms with Gasteiger partial charge in [0.1, 0.15) is 13.2 Å². The van der Waals surface area contributed by atoms with Crippen LogP contribution in [0.25, 0.3) is 0 Å². The number of rotatable bonds is 53. The lowest BCUT2D eigenvalue weighted by atomic mass is 10.0. The van der Waals surface area contributed by atoms with Gasteiger partial charge in [-0.3, -0.25) is 14.4 Å². The number of hydrogen-bond donors (Lipinski definition) is 0. The zero-order chi connectivity index (χ0) is 48.6. The van der Waals surface area contributed by atoms with Gasteiger partial charge in [0.2, 0.25) is 0 Å². The second-order valence-corrected chi connectivity index (χ2v) is 19.5. The van der Waals surface area contributed by atoms with Crippen LogP contribution in [0.1, 0.15) is 303 Å². The number of carbonyl (C=O) groups excluding carboxylic acids is 3. The van der Waals surface area contributed by atoms with E-state index in [9.17, 15) is 14.4 Å². The average Bonchev–Trinajstić information content (AvgIpc) is 3.33. The van der Waals surface area contributed by atoms with Crippen molar-refractivity contribution >= 4 is 17.9 Å². The lowest BCUT2D eigenvalue weighted by molar-refractivity contribution is -0.167. The van der Waals surface area contributed by atoms with Crippen LogP contribution in [-0.2, 0) is 28.6 Å². The van der Waals surface area contributed by atoms with Crippen LogP contribution >= 0.6 is 0 Å². The highest BCUT2D eigenvalue weighted by atomic mass is 16.6. The molecule has 390 valence electrons. The molecule has 0 fully saturated rings. The van der Waals surface area contributed by atoms with E-state index in [4.69, 9.17) is 14.2 Å². The highest BCUT2D eigenvalue weighted by Crippen LogP contribution is 2.17. The Morgan fingerprint density at radius 3 is 0.910 bits per heavy atom. The van der Waals surface area contributed by atoms with E-state index in [0.29, 0.717) is 19.3 Å². The molecule has 0 aliphatic carbocycles. The van der Waals surface area contributed by atoms with E-state index in [1.807, 2.05) is 0 Å². The zero-order valence-electron chi connectivity index (χ0n) is 44.7. The molecule has 0 aromatic rings. The summed E-state index contributed by atoms with van der Waals surface area (Å²) >= 11 is 0. The summed E-state index contributed by atoms with van der Waals surface area (Å²) in [6, 6.07) is 0. The predicted octanol–water partition coefficient (Wildman–Crippen LogP) is 19.4. The zero-order valence-corrected chi connectivity index (χ0v) is 44.7. The Morgan fingerprint density at radius 2 is 0.582 bits per heavy atom. The van der Waals surface area contributed by atoms with Crippen molar-refractivity contribution in [2.75, 3.05) is 13.2 Å². The van der Waals surface area contributed by atoms with E-state index in [-0.39, 0.29) is 37.5 Å². The van der Waals surface area contributed by atoms with Crippen molar-refractivity contribution in [3.63, 3.8) is 0 Å². The molecule has 0 radical (unpaired) electrons. The summed E-state index contributed by atoms with van der Waals surface area (Å²) in [7, 11) is 0. The normalized spacial score (nSPS) is 12.3. The Labute approximate surface area is 416 Å². The molecule has 0 N–H and O–H groups in total. The maximum Gasteiger partial charge on any atom is 0.306 e. The Bertz CT molecular complexity index is 1170. The number of allylic oxidation sites excluding steroid dienone is 8. The standard InChI is InChI=1S/C61H110O6/c1-4-7-10-13-15-17-19-21-23-24-25-26-27-28-29-30-31-32-33-34-35-36-38-39-41-43-45-48-51-54-60(63)66-57-58(56-65-59(62)53-50-47-12-9-6-3)67-61(64)55-52-49-46-44-42-40-37-22-20-18-16-14-11-8-5-2/h8,11,16,18,22,37,42,44,58H,4-7,9-10,12-15,17,19-21,23-36,38-41,43,45-57H2,1-3H3/b11-8-,18-16-,37-22-,44-42-. The van der Waals surface area contributed by atoms with E-state index < -0.39 is 6.10 Å². The van der Waals surface area contributed by atoms with E-state index >= 15 is 0 Å². The second kappa shape index (κ2) is 56.0. The molecule has 0 saturated carbocycles. The summed E-state index contributed by atoms with van der Waals surface area (Å²) in [5.74, 6) is -0.934. The Hall–Kier alpha value is -2.63. The number of esters is 3. The summed E-state index contributed by atoms with van der Waals surface area (Å²) < 4.78 is 16.7. The number of carbonyl (C=O) groups is 3. The van der Waals surface area contributed by atoms with Gasteiger partial charge in [-0.1, -0.05) is 275 Å².